The Morgan fingerprint density at radius 1 is 1.16 bits per heavy atom. The molecule has 31 heavy (non-hydrogen) atoms. The van der Waals surface area contributed by atoms with Crippen molar-refractivity contribution in [2.75, 3.05) is 23.9 Å². The van der Waals surface area contributed by atoms with Crippen molar-refractivity contribution in [2.24, 2.45) is 7.05 Å². The van der Waals surface area contributed by atoms with E-state index in [1.165, 1.54) is 6.26 Å². The zero-order valence-corrected chi connectivity index (χ0v) is 18.7. The lowest BCUT2D eigenvalue weighted by Gasteiger charge is -2.19. The monoisotopic (exact) mass is 436 g/mol. The van der Waals surface area contributed by atoms with Crippen LogP contribution in [0.15, 0.2) is 48.7 Å². The number of aryl methyl sites for hydroxylation is 2. The van der Waals surface area contributed by atoms with E-state index in [-0.39, 0.29) is 5.75 Å². The van der Waals surface area contributed by atoms with Gasteiger partial charge in [-0.15, -0.1) is 0 Å². The first-order valence-corrected chi connectivity index (χ1v) is 11.7. The summed E-state index contributed by atoms with van der Waals surface area (Å²) in [5.41, 5.74) is 11.4. The van der Waals surface area contributed by atoms with Crippen molar-refractivity contribution in [3.63, 3.8) is 0 Å². The number of hydrogen-bond acceptors (Lipinski definition) is 7. The minimum atomic E-state index is -3.12. The SMILES string of the molecule is Cc1c2ccc(-c3cnc(N(C)c4cccc(CS(C)(=O)=O)c4)nc3N)cc2nn1C. The highest BCUT2D eigenvalue weighted by molar-refractivity contribution is 7.89. The number of anilines is 3. The molecule has 0 aliphatic rings. The molecule has 0 bridgehead atoms. The summed E-state index contributed by atoms with van der Waals surface area (Å²) in [6.07, 6.45) is 2.92. The van der Waals surface area contributed by atoms with Crippen LogP contribution in [-0.2, 0) is 22.6 Å². The summed E-state index contributed by atoms with van der Waals surface area (Å²) >= 11 is 0. The van der Waals surface area contributed by atoms with Crippen LogP contribution in [0.4, 0.5) is 17.5 Å². The van der Waals surface area contributed by atoms with Gasteiger partial charge in [-0.2, -0.15) is 10.1 Å². The van der Waals surface area contributed by atoms with E-state index in [0.717, 1.165) is 33.4 Å². The van der Waals surface area contributed by atoms with E-state index in [1.54, 1.807) is 17.2 Å². The quantitative estimate of drug-likeness (QED) is 0.512. The van der Waals surface area contributed by atoms with Gasteiger partial charge in [0.05, 0.1) is 11.3 Å². The maximum absolute atomic E-state index is 11.6. The topological polar surface area (TPSA) is 107 Å². The largest absolute Gasteiger partial charge is 0.383 e. The molecule has 2 aromatic heterocycles. The standard InChI is InChI=1S/C22H24N6O2S/c1-14-18-9-8-16(11-20(18)26-28(14)3)19-12-24-22(25-21(19)23)27(2)17-7-5-6-15(10-17)13-31(4,29)30/h5-12H,13H2,1-4H3,(H2,23,24,25). The molecule has 0 radical (unpaired) electrons. The van der Waals surface area contributed by atoms with E-state index in [0.29, 0.717) is 17.3 Å². The Kier molecular flexibility index (Phi) is 5.14. The first-order valence-electron chi connectivity index (χ1n) is 9.69. The molecule has 0 spiro atoms. The number of nitrogens with zero attached hydrogens (tertiary/aromatic N) is 5. The van der Waals surface area contributed by atoms with Gasteiger partial charge in [-0.3, -0.25) is 4.68 Å². The Morgan fingerprint density at radius 3 is 2.65 bits per heavy atom. The Hall–Kier alpha value is -3.46. The Labute approximate surface area is 181 Å². The zero-order chi connectivity index (χ0) is 22.3. The first-order chi connectivity index (χ1) is 14.6. The molecule has 4 rings (SSSR count). The highest BCUT2D eigenvalue weighted by Crippen LogP contribution is 2.30. The second kappa shape index (κ2) is 7.66. The summed E-state index contributed by atoms with van der Waals surface area (Å²) in [5.74, 6) is 0.759. The maximum Gasteiger partial charge on any atom is 0.231 e. The highest BCUT2D eigenvalue weighted by atomic mass is 32.2. The van der Waals surface area contributed by atoms with Gasteiger partial charge in [0.25, 0.3) is 0 Å². The van der Waals surface area contributed by atoms with Crippen LogP contribution >= 0.6 is 0 Å². The summed E-state index contributed by atoms with van der Waals surface area (Å²) in [4.78, 5) is 10.7. The molecule has 160 valence electrons. The molecular weight excluding hydrogens is 412 g/mol. The lowest BCUT2D eigenvalue weighted by Crippen LogP contribution is -2.14. The third-order valence-electron chi connectivity index (χ3n) is 5.27. The zero-order valence-electron chi connectivity index (χ0n) is 17.9. The molecule has 2 N–H and O–H groups in total. The molecule has 0 saturated heterocycles. The second-order valence-electron chi connectivity index (χ2n) is 7.71. The van der Waals surface area contributed by atoms with Gasteiger partial charge >= 0.3 is 0 Å². The van der Waals surface area contributed by atoms with Gasteiger partial charge in [0, 0.05) is 48.9 Å². The molecular formula is C22H24N6O2S. The normalized spacial score (nSPS) is 11.7. The van der Waals surface area contributed by atoms with E-state index < -0.39 is 9.84 Å². The summed E-state index contributed by atoms with van der Waals surface area (Å²) < 4.78 is 25.1. The Balaban J connectivity index is 1.65. The van der Waals surface area contributed by atoms with Crippen molar-refractivity contribution in [3.05, 3.63) is 59.9 Å². The molecule has 0 aliphatic heterocycles. The fourth-order valence-electron chi connectivity index (χ4n) is 3.54. The van der Waals surface area contributed by atoms with E-state index in [4.69, 9.17) is 5.73 Å². The molecule has 0 aliphatic carbocycles. The fraction of sp³-hybridized carbons (Fsp3) is 0.227. The average molecular weight is 437 g/mol. The van der Waals surface area contributed by atoms with Gasteiger partial charge in [-0.25, -0.2) is 13.4 Å². The smallest absolute Gasteiger partial charge is 0.231 e. The van der Waals surface area contributed by atoms with Gasteiger partial charge in [-0.05, 0) is 36.2 Å². The molecule has 8 nitrogen and oxygen atoms in total. The molecule has 0 saturated carbocycles. The van der Waals surface area contributed by atoms with E-state index >= 15 is 0 Å². The van der Waals surface area contributed by atoms with Crippen molar-refractivity contribution >= 4 is 38.2 Å². The predicted molar refractivity (Wildman–Crippen MR) is 124 cm³/mol. The Bertz CT molecular complexity index is 1390. The van der Waals surface area contributed by atoms with Crippen LogP contribution in [0, 0.1) is 6.92 Å². The van der Waals surface area contributed by atoms with Crippen LogP contribution in [0.2, 0.25) is 0 Å². The van der Waals surface area contributed by atoms with Crippen LogP contribution in [0.1, 0.15) is 11.3 Å². The summed E-state index contributed by atoms with van der Waals surface area (Å²) in [5, 5.41) is 5.63. The minimum absolute atomic E-state index is 0.0217. The van der Waals surface area contributed by atoms with Gasteiger partial charge in [0.2, 0.25) is 5.95 Å². The minimum Gasteiger partial charge on any atom is -0.383 e. The van der Waals surface area contributed by atoms with Gasteiger partial charge in [0.1, 0.15) is 5.82 Å². The highest BCUT2D eigenvalue weighted by Gasteiger charge is 2.14. The van der Waals surface area contributed by atoms with E-state index in [9.17, 15) is 8.42 Å². The van der Waals surface area contributed by atoms with Crippen molar-refractivity contribution in [2.45, 2.75) is 12.7 Å². The number of benzene rings is 2. The van der Waals surface area contributed by atoms with Crippen LogP contribution < -0.4 is 10.6 Å². The fourth-order valence-corrected chi connectivity index (χ4v) is 4.33. The van der Waals surface area contributed by atoms with Crippen molar-refractivity contribution < 1.29 is 8.42 Å². The first kappa shape index (κ1) is 20.8. The predicted octanol–water partition coefficient (Wildman–Crippen LogP) is 3.23. The average Bonchev–Trinajstić information content (AvgIpc) is 2.99. The number of nitrogens with two attached hydrogens (primary N) is 1. The van der Waals surface area contributed by atoms with E-state index in [1.807, 2.05) is 62.1 Å². The lowest BCUT2D eigenvalue weighted by molar-refractivity contribution is 0.601. The van der Waals surface area contributed by atoms with Crippen LogP contribution in [0.5, 0.6) is 0 Å². The summed E-state index contributed by atoms with van der Waals surface area (Å²) in [7, 11) is 0.614. The van der Waals surface area contributed by atoms with Crippen LogP contribution in [0.25, 0.3) is 22.0 Å². The number of hydrogen-bond donors (Lipinski definition) is 1. The lowest BCUT2D eigenvalue weighted by atomic mass is 10.1. The molecule has 0 fully saturated rings. The number of rotatable bonds is 5. The molecule has 2 aromatic carbocycles. The summed E-state index contributed by atoms with van der Waals surface area (Å²) in [6, 6.07) is 13.3. The second-order valence-corrected chi connectivity index (χ2v) is 9.85. The van der Waals surface area contributed by atoms with Gasteiger partial charge in [-0.1, -0.05) is 24.3 Å². The van der Waals surface area contributed by atoms with Gasteiger partial charge in [0.15, 0.2) is 9.84 Å². The number of fused-ring (bicyclic) bond motifs is 1. The third kappa shape index (κ3) is 4.22. The van der Waals surface area contributed by atoms with Crippen molar-refractivity contribution in [1.29, 1.82) is 0 Å². The van der Waals surface area contributed by atoms with Crippen LogP contribution in [0.3, 0.4) is 0 Å². The van der Waals surface area contributed by atoms with Crippen LogP contribution in [-0.4, -0.2) is 41.5 Å². The maximum atomic E-state index is 11.6. The number of sulfone groups is 1. The number of nitrogen functional groups attached to an aromatic ring is 1. The molecule has 0 atom stereocenters. The van der Waals surface area contributed by atoms with Crippen molar-refractivity contribution in [3.8, 4) is 11.1 Å². The third-order valence-corrected chi connectivity index (χ3v) is 6.13. The number of aromatic nitrogens is 4. The molecule has 2 heterocycles. The molecule has 9 heteroatoms. The van der Waals surface area contributed by atoms with Gasteiger partial charge < -0.3 is 10.6 Å². The van der Waals surface area contributed by atoms with Crippen molar-refractivity contribution in [1.82, 2.24) is 19.7 Å². The Morgan fingerprint density at radius 2 is 1.94 bits per heavy atom. The molecule has 4 aromatic rings. The van der Waals surface area contributed by atoms with E-state index in [2.05, 4.69) is 15.1 Å². The summed E-state index contributed by atoms with van der Waals surface area (Å²) in [6.45, 7) is 2.03. The molecule has 0 amide bonds. The molecule has 0 unspecified atom stereocenters.